The van der Waals surface area contributed by atoms with Crippen LogP contribution in [0.4, 0.5) is 8.78 Å². The average molecular weight is 239 g/mol. The Kier molecular flexibility index (Phi) is 4.11. The first kappa shape index (κ1) is 12.5. The highest BCUT2D eigenvalue weighted by Gasteiger charge is 2.17. The van der Waals surface area contributed by atoms with E-state index in [0.717, 1.165) is 31.0 Å². The SMILES string of the molecule is CC1CCC(CCc2cc(F)cc(F)c2)CN1. The van der Waals surface area contributed by atoms with Gasteiger partial charge in [-0.2, -0.15) is 0 Å². The third kappa shape index (κ3) is 3.77. The van der Waals surface area contributed by atoms with E-state index in [4.69, 9.17) is 0 Å². The molecule has 0 amide bonds. The number of hydrogen-bond donors (Lipinski definition) is 1. The van der Waals surface area contributed by atoms with Crippen molar-refractivity contribution in [2.75, 3.05) is 6.54 Å². The van der Waals surface area contributed by atoms with Crippen molar-refractivity contribution in [3.63, 3.8) is 0 Å². The molecule has 1 nitrogen and oxygen atoms in total. The van der Waals surface area contributed by atoms with Gasteiger partial charge < -0.3 is 5.32 Å². The first-order valence-corrected chi connectivity index (χ1v) is 6.32. The monoisotopic (exact) mass is 239 g/mol. The summed E-state index contributed by atoms with van der Waals surface area (Å²) in [5.74, 6) is -0.316. The summed E-state index contributed by atoms with van der Waals surface area (Å²) >= 11 is 0. The Morgan fingerprint density at radius 1 is 1.18 bits per heavy atom. The summed E-state index contributed by atoms with van der Waals surface area (Å²) in [6.07, 6.45) is 4.17. The molecule has 1 aliphatic heterocycles. The van der Waals surface area contributed by atoms with Crippen molar-refractivity contribution in [3.8, 4) is 0 Å². The van der Waals surface area contributed by atoms with Crippen molar-refractivity contribution in [3.05, 3.63) is 35.4 Å². The molecular formula is C14H19F2N. The summed E-state index contributed by atoms with van der Waals surface area (Å²) in [5.41, 5.74) is 0.765. The Hall–Kier alpha value is -0.960. The second-order valence-corrected chi connectivity index (χ2v) is 5.07. The Labute approximate surface area is 101 Å². The zero-order valence-corrected chi connectivity index (χ0v) is 10.2. The number of rotatable bonds is 3. The van der Waals surface area contributed by atoms with Crippen LogP contribution >= 0.6 is 0 Å². The van der Waals surface area contributed by atoms with Gasteiger partial charge in [-0.15, -0.1) is 0 Å². The molecule has 3 heteroatoms. The number of aryl methyl sites for hydroxylation is 1. The zero-order chi connectivity index (χ0) is 12.3. The van der Waals surface area contributed by atoms with E-state index >= 15 is 0 Å². The molecule has 2 atom stereocenters. The summed E-state index contributed by atoms with van der Waals surface area (Å²) in [4.78, 5) is 0. The van der Waals surface area contributed by atoms with Gasteiger partial charge in [0.15, 0.2) is 0 Å². The number of halogens is 2. The molecule has 1 aromatic carbocycles. The molecule has 1 aliphatic rings. The molecule has 2 rings (SSSR count). The lowest BCUT2D eigenvalue weighted by atomic mass is 9.90. The van der Waals surface area contributed by atoms with E-state index in [1.54, 1.807) is 0 Å². The summed E-state index contributed by atoms with van der Waals surface area (Å²) < 4.78 is 26.0. The minimum absolute atomic E-state index is 0.476. The van der Waals surface area contributed by atoms with E-state index in [2.05, 4.69) is 12.2 Å². The number of nitrogens with one attached hydrogen (secondary N) is 1. The molecule has 0 aromatic heterocycles. The number of hydrogen-bond acceptors (Lipinski definition) is 1. The van der Waals surface area contributed by atoms with Crippen LogP contribution in [0.3, 0.4) is 0 Å². The summed E-state index contributed by atoms with van der Waals surface area (Å²) in [6.45, 7) is 3.22. The van der Waals surface area contributed by atoms with E-state index in [0.29, 0.717) is 12.0 Å². The van der Waals surface area contributed by atoms with Gasteiger partial charge in [-0.25, -0.2) is 8.78 Å². The second-order valence-electron chi connectivity index (χ2n) is 5.07. The van der Waals surface area contributed by atoms with Gasteiger partial charge in [0, 0.05) is 12.1 Å². The van der Waals surface area contributed by atoms with Crippen LogP contribution in [0.15, 0.2) is 18.2 Å². The Morgan fingerprint density at radius 3 is 2.47 bits per heavy atom. The lowest BCUT2D eigenvalue weighted by Gasteiger charge is -2.27. The van der Waals surface area contributed by atoms with Gasteiger partial charge in [0.25, 0.3) is 0 Å². The number of benzene rings is 1. The van der Waals surface area contributed by atoms with Crippen LogP contribution in [-0.4, -0.2) is 12.6 Å². The van der Waals surface area contributed by atoms with Gasteiger partial charge in [-0.1, -0.05) is 0 Å². The highest BCUT2D eigenvalue weighted by Crippen LogP contribution is 2.20. The first-order chi connectivity index (χ1) is 8.13. The molecule has 94 valence electrons. The molecule has 1 heterocycles. The third-order valence-corrected chi connectivity index (χ3v) is 3.53. The predicted molar refractivity (Wildman–Crippen MR) is 64.9 cm³/mol. The molecule has 1 saturated heterocycles. The minimum atomic E-state index is -0.476. The van der Waals surface area contributed by atoms with Gasteiger partial charge in [0.05, 0.1) is 0 Å². The summed E-state index contributed by atoms with van der Waals surface area (Å²) in [7, 11) is 0. The maximum Gasteiger partial charge on any atom is 0.126 e. The Morgan fingerprint density at radius 2 is 1.88 bits per heavy atom. The predicted octanol–water partition coefficient (Wildman–Crippen LogP) is 3.29. The fourth-order valence-corrected chi connectivity index (χ4v) is 2.43. The molecule has 0 radical (unpaired) electrons. The van der Waals surface area contributed by atoms with Crippen molar-refractivity contribution < 1.29 is 8.78 Å². The standard InChI is InChI=1S/C14H19F2N/c1-10-2-3-11(9-17-10)4-5-12-6-13(15)8-14(16)7-12/h6-8,10-11,17H,2-5,9H2,1H3. The molecule has 0 aliphatic carbocycles. The highest BCUT2D eigenvalue weighted by molar-refractivity contribution is 5.18. The highest BCUT2D eigenvalue weighted by atomic mass is 19.1. The first-order valence-electron chi connectivity index (χ1n) is 6.32. The molecule has 0 saturated carbocycles. The largest absolute Gasteiger partial charge is 0.314 e. The smallest absolute Gasteiger partial charge is 0.126 e. The maximum absolute atomic E-state index is 13.0. The van der Waals surface area contributed by atoms with Crippen LogP contribution in [-0.2, 0) is 6.42 Å². The molecule has 0 spiro atoms. The van der Waals surface area contributed by atoms with E-state index in [9.17, 15) is 8.78 Å². The van der Waals surface area contributed by atoms with E-state index < -0.39 is 11.6 Å². The van der Waals surface area contributed by atoms with Crippen molar-refractivity contribution in [1.29, 1.82) is 0 Å². The van der Waals surface area contributed by atoms with Gasteiger partial charge >= 0.3 is 0 Å². The minimum Gasteiger partial charge on any atom is -0.314 e. The zero-order valence-electron chi connectivity index (χ0n) is 10.2. The molecule has 1 aromatic rings. The van der Waals surface area contributed by atoms with E-state index in [1.165, 1.54) is 25.0 Å². The Balaban J connectivity index is 1.85. The van der Waals surface area contributed by atoms with Crippen LogP contribution in [0.5, 0.6) is 0 Å². The molecular weight excluding hydrogens is 220 g/mol. The van der Waals surface area contributed by atoms with Crippen LogP contribution in [0.25, 0.3) is 0 Å². The quantitative estimate of drug-likeness (QED) is 0.853. The van der Waals surface area contributed by atoms with Crippen LogP contribution in [0.2, 0.25) is 0 Å². The average Bonchev–Trinajstić information content (AvgIpc) is 2.27. The third-order valence-electron chi connectivity index (χ3n) is 3.53. The molecule has 17 heavy (non-hydrogen) atoms. The summed E-state index contributed by atoms with van der Waals surface area (Å²) in [6, 6.07) is 4.40. The van der Waals surface area contributed by atoms with Gasteiger partial charge in [-0.05, 0) is 62.8 Å². The van der Waals surface area contributed by atoms with E-state index in [1.807, 2.05) is 0 Å². The van der Waals surface area contributed by atoms with Crippen molar-refractivity contribution in [1.82, 2.24) is 5.32 Å². The van der Waals surface area contributed by atoms with E-state index in [-0.39, 0.29) is 0 Å². The lowest BCUT2D eigenvalue weighted by Crippen LogP contribution is -2.36. The maximum atomic E-state index is 13.0. The molecule has 1 N–H and O–H groups in total. The number of piperidine rings is 1. The van der Waals surface area contributed by atoms with Crippen molar-refractivity contribution in [2.24, 2.45) is 5.92 Å². The van der Waals surface area contributed by atoms with Crippen molar-refractivity contribution in [2.45, 2.75) is 38.6 Å². The fourth-order valence-electron chi connectivity index (χ4n) is 2.43. The topological polar surface area (TPSA) is 12.0 Å². The molecule has 0 bridgehead atoms. The molecule has 1 fully saturated rings. The summed E-state index contributed by atoms with van der Waals surface area (Å²) in [5, 5.41) is 3.44. The lowest BCUT2D eigenvalue weighted by molar-refractivity contribution is 0.309. The van der Waals surface area contributed by atoms with Crippen molar-refractivity contribution >= 4 is 0 Å². The van der Waals surface area contributed by atoms with Crippen LogP contribution in [0.1, 0.15) is 31.7 Å². The normalized spacial score (nSPS) is 24.9. The van der Waals surface area contributed by atoms with Gasteiger partial charge in [0.1, 0.15) is 11.6 Å². The van der Waals surface area contributed by atoms with Gasteiger partial charge in [0.2, 0.25) is 0 Å². The fraction of sp³-hybridized carbons (Fsp3) is 0.571. The van der Waals surface area contributed by atoms with Crippen LogP contribution < -0.4 is 5.32 Å². The Bertz CT molecular complexity index is 350. The molecule has 2 unspecified atom stereocenters. The van der Waals surface area contributed by atoms with Crippen LogP contribution in [0, 0.1) is 17.6 Å². The van der Waals surface area contributed by atoms with Gasteiger partial charge in [-0.3, -0.25) is 0 Å². The second kappa shape index (κ2) is 5.58.